The summed E-state index contributed by atoms with van der Waals surface area (Å²) in [5, 5.41) is 13.6. The van der Waals surface area contributed by atoms with Crippen LogP contribution in [-0.2, 0) is 24.1 Å². The third-order valence-electron chi connectivity index (χ3n) is 6.54. The Balaban J connectivity index is 1.46. The molecule has 2 aromatic heterocycles. The minimum absolute atomic E-state index is 0.326. The highest BCUT2D eigenvalue weighted by atomic mass is 19.1. The number of phenols is 1. The number of nitrogens with zero attached hydrogens (tertiary/aromatic N) is 4. The molecule has 0 saturated carbocycles. The summed E-state index contributed by atoms with van der Waals surface area (Å²) in [6.07, 6.45) is 1.30. The lowest BCUT2D eigenvalue weighted by atomic mass is 10.0. The highest BCUT2D eigenvalue weighted by Crippen LogP contribution is 2.30. The molecule has 0 unspecified atom stereocenters. The molecule has 0 bridgehead atoms. The molecule has 1 fully saturated rings. The molecule has 1 aliphatic rings. The van der Waals surface area contributed by atoms with Crippen LogP contribution in [0.4, 0.5) is 4.39 Å². The topological polar surface area (TPSA) is 76.6 Å². The van der Waals surface area contributed by atoms with Crippen molar-refractivity contribution >= 4 is 11.0 Å². The van der Waals surface area contributed by atoms with Gasteiger partial charge in [0.25, 0.3) is 0 Å². The summed E-state index contributed by atoms with van der Waals surface area (Å²) >= 11 is 0. The Morgan fingerprint density at radius 1 is 1.03 bits per heavy atom. The normalized spacial score (nSPS) is 14.8. The molecule has 0 atom stereocenters. The van der Waals surface area contributed by atoms with E-state index in [1.54, 1.807) is 6.07 Å². The average molecular weight is 465 g/mol. The van der Waals surface area contributed by atoms with Crippen LogP contribution >= 0.6 is 0 Å². The number of hydrogen-bond acceptors (Lipinski definition) is 6. The van der Waals surface area contributed by atoms with E-state index in [2.05, 4.69) is 32.8 Å². The molecule has 0 amide bonds. The zero-order chi connectivity index (χ0) is 23.7. The van der Waals surface area contributed by atoms with Crippen molar-refractivity contribution in [1.29, 1.82) is 0 Å². The van der Waals surface area contributed by atoms with Crippen molar-refractivity contribution < 1.29 is 18.8 Å². The summed E-state index contributed by atoms with van der Waals surface area (Å²) in [6.45, 7) is 9.01. The van der Waals surface area contributed by atoms with Gasteiger partial charge < -0.3 is 18.9 Å². The maximum Gasteiger partial charge on any atom is 0.165 e. The van der Waals surface area contributed by atoms with Crippen molar-refractivity contribution in [2.45, 2.75) is 33.2 Å². The SMILES string of the molecule is Cc1noc(C)c1-c1ccc2c(c1)nc(CCc1ccc(O)c(F)c1)n2CCN1CCOCC1. The number of benzene rings is 2. The smallest absolute Gasteiger partial charge is 0.165 e. The Morgan fingerprint density at radius 2 is 1.85 bits per heavy atom. The molecule has 1 aliphatic heterocycles. The van der Waals surface area contributed by atoms with Crippen molar-refractivity contribution in [3.63, 3.8) is 0 Å². The van der Waals surface area contributed by atoms with Gasteiger partial charge in [-0.3, -0.25) is 4.90 Å². The quantitative estimate of drug-likeness (QED) is 0.440. The van der Waals surface area contributed by atoms with Gasteiger partial charge in [-0.1, -0.05) is 17.3 Å². The molecular formula is C26H29FN4O3. The van der Waals surface area contributed by atoms with Crippen LogP contribution in [0.25, 0.3) is 22.2 Å². The average Bonchev–Trinajstić information content (AvgIpc) is 3.37. The van der Waals surface area contributed by atoms with E-state index in [1.807, 2.05) is 13.8 Å². The van der Waals surface area contributed by atoms with Crippen LogP contribution in [0.2, 0.25) is 0 Å². The number of imidazole rings is 1. The Bertz CT molecular complexity index is 1290. The summed E-state index contributed by atoms with van der Waals surface area (Å²) < 4.78 is 26.9. The number of morpholine rings is 1. The maximum atomic E-state index is 13.8. The molecule has 1 saturated heterocycles. The van der Waals surface area contributed by atoms with Gasteiger partial charge in [0.1, 0.15) is 11.6 Å². The number of rotatable bonds is 7. The first-order valence-corrected chi connectivity index (χ1v) is 11.7. The van der Waals surface area contributed by atoms with Gasteiger partial charge in [-0.25, -0.2) is 9.37 Å². The molecule has 7 nitrogen and oxygen atoms in total. The van der Waals surface area contributed by atoms with Crippen LogP contribution in [-0.4, -0.2) is 57.6 Å². The fourth-order valence-corrected chi connectivity index (χ4v) is 4.70. The van der Waals surface area contributed by atoms with E-state index in [9.17, 15) is 9.50 Å². The molecular weight excluding hydrogens is 435 g/mol. The fourth-order valence-electron chi connectivity index (χ4n) is 4.70. The highest BCUT2D eigenvalue weighted by molar-refractivity contribution is 5.83. The minimum Gasteiger partial charge on any atom is -0.505 e. The third-order valence-corrected chi connectivity index (χ3v) is 6.54. The first kappa shape index (κ1) is 22.6. The molecule has 0 radical (unpaired) electrons. The Kier molecular flexibility index (Phi) is 6.34. The lowest BCUT2D eigenvalue weighted by Crippen LogP contribution is -2.38. The van der Waals surface area contributed by atoms with Gasteiger partial charge >= 0.3 is 0 Å². The molecule has 34 heavy (non-hydrogen) atoms. The van der Waals surface area contributed by atoms with Gasteiger partial charge in [0.15, 0.2) is 11.6 Å². The molecule has 1 N–H and O–H groups in total. The molecule has 3 heterocycles. The van der Waals surface area contributed by atoms with E-state index >= 15 is 0 Å². The summed E-state index contributed by atoms with van der Waals surface area (Å²) in [7, 11) is 0. The number of ether oxygens (including phenoxy) is 1. The van der Waals surface area contributed by atoms with E-state index in [0.29, 0.717) is 12.8 Å². The summed E-state index contributed by atoms with van der Waals surface area (Å²) in [5.41, 5.74) is 5.73. The lowest BCUT2D eigenvalue weighted by Gasteiger charge is -2.27. The molecule has 0 spiro atoms. The van der Waals surface area contributed by atoms with Crippen LogP contribution in [0.15, 0.2) is 40.9 Å². The van der Waals surface area contributed by atoms with Gasteiger partial charge in [0.05, 0.1) is 29.9 Å². The van der Waals surface area contributed by atoms with Crippen molar-refractivity contribution in [3.05, 3.63) is 65.1 Å². The Hall–Kier alpha value is -3.23. The number of aromatic nitrogens is 3. The van der Waals surface area contributed by atoms with Crippen molar-refractivity contribution in [1.82, 2.24) is 19.6 Å². The van der Waals surface area contributed by atoms with Crippen LogP contribution in [0.3, 0.4) is 0 Å². The van der Waals surface area contributed by atoms with Crippen molar-refractivity contribution in [3.8, 4) is 16.9 Å². The minimum atomic E-state index is -0.595. The third kappa shape index (κ3) is 4.56. The second-order valence-corrected chi connectivity index (χ2v) is 8.82. The van der Waals surface area contributed by atoms with Crippen molar-refractivity contribution in [2.24, 2.45) is 0 Å². The second kappa shape index (κ2) is 9.56. The van der Waals surface area contributed by atoms with E-state index in [-0.39, 0.29) is 5.75 Å². The van der Waals surface area contributed by atoms with Crippen molar-refractivity contribution in [2.75, 3.05) is 32.8 Å². The van der Waals surface area contributed by atoms with E-state index in [4.69, 9.17) is 14.2 Å². The second-order valence-electron chi connectivity index (χ2n) is 8.82. The van der Waals surface area contributed by atoms with E-state index in [0.717, 1.165) is 84.4 Å². The lowest BCUT2D eigenvalue weighted by molar-refractivity contribution is 0.0364. The molecule has 8 heteroatoms. The van der Waals surface area contributed by atoms with Crippen LogP contribution in [0, 0.1) is 19.7 Å². The number of phenolic OH excluding ortho intramolecular Hbond substituents is 1. The van der Waals surface area contributed by atoms with Gasteiger partial charge in [0.2, 0.25) is 0 Å². The van der Waals surface area contributed by atoms with Gasteiger partial charge in [-0.05, 0) is 55.7 Å². The first-order valence-electron chi connectivity index (χ1n) is 11.7. The number of halogens is 1. The zero-order valence-electron chi connectivity index (χ0n) is 19.6. The molecule has 178 valence electrons. The zero-order valence-corrected chi connectivity index (χ0v) is 19.6. The number of fused-ring (bicyclic) bond motifs is 1. The Labute approximate surface area is 197 Å². The highest BCUT2D eigenvalue weighted by Gasteiger charge is 2.17. The molecule has 0 aliphatic carbocycles. The predicted octanol–water partition coefficient (Wildman–Crippen LogP) is 4.27. The van der Waals surface area contributed by atoms with Gasteiger partial charge in [-0.2, -0.15) is 0 Å². The molecule has 5 rings (SSSR count). The van der Waals surface area contributed by atoms with Crippen LogP contribution < -0.4 is 0 Å². The molecule has 4 aromatic rings. The monoisotopic (exact) mass is 464 g/mol. The van der Waals surface area contributed by atoms with Crippen LogP contribution in [0.1, 0.15) is 22.8 Å². The first-order chi connectivity index (χ1) is 16.5. The summed E-state index contributed by atoms with van der Waals surface area (Å²) in [6, 6.07) is 10.9. The van der Waals surface area contributed by atoms with E-state index in [1.165, 1.54) is 12.1 Å². The summed E-state index contributed by atoms with van der Waals surface area (Å²) in [5.74, 6) is 0.835. The summed E-state index contributed by atoms with van der Waals surface area (Å²) in [4.78, 5) is 7.40. The van der Waals surface area contributed by atoms with E-state index < -0.39 is 5.82 Å². The maximum absolute atomic E-state index is 13.8. The van der Waals surface area contributed by atoms with Crippen LogP contribution in [0.5, 0.6) is 5.75 Å². The standard InChI is InChI=1S/C26H29FN4O3/c1-17-26(18(2)34-29-17)20-5-6-23-22(16-20)28-25(8-4-19-3-7-24(32)21(27)15-19)31(23)10-9-30-11-13-33-14-12-30/h3,5-7,15-16,32H,4,8-14H2,1-2H3. The number of aryl methyl sites for hydroxylation is 4. The number of aromatic hydroxyl groups is 1. The molecule has 2 aromatic carbocycles. The fraction of sp³-hybridized carbons (Fsp3) is 0.385. The number of hydrogen-bond donors (Lipinski definition) is 1. The Morgan fingerprint density at radius 3 is 2.59 bits per heavy atom. The van der Waals surface area contributed by atoms with Gasteiger partial charge in [-0.15, -0.1) is 0 Å². The predicted molar refractivity (Wildman–Crippen MR) is 127 cm³/mol. The van der Waals surface area contributed by atoms with Gasteiger partial charge in [0, 0.05) is 38.2 Å². The largest absolute Gasteiger partial charge is 0.505 e.